The van der Waals surface area contributed by atoms with E-state index in [1.54, 1.807) is 23.7 Å². The molecule has 1 aromatic carbocycles. The van der Waals surface area contributed by atoms with Gasteiger partial charge in [-0.2, -0.15) is 0 Å². The summed E-state index contributed by atoms with van der Waals surface area (Å²) in [5, 5.41) is 17.9. The molecule has 178 valence electrons. The van der Waals surface area contributed by atoms with Crippen LogP contribution in [0.25, 0.3) is 10.2 Å². The average molecular weight is 479 g/mol. The minimum Gasteiger partial charge on any atom is -0.391 e. The van der Waals surface area contributed by atoms with E-state index < -0.39 is 0 Å². The van der Waals surface area contributed by atoms with Crippen LogP contribution in [0.2, 0.25) is 0 Å². The molecule has 2 fully saturated rings. The largest absolute Gasteiger partial charge is 0.391 e. The molecule has 0 radical (unpaired) electrons. The molecular weight excluding hydrogens is 448 g/mol. The summed E-state index contributed by atoms with van der Waals surface area (Å²) in [6, 6.07) is 6.37. The number of hydrogen-bond acceptors (Lipinski definition) is 9. The number of rotatable bonds is 6. The van der Waals surface area contributed by atoms with Crippen molar-refractivity contribution in [3.63, 3.8) is 0 Å². The predicted molar refractivity (Wildman–Crippen MR) is 135 cm³/mol. The highest BCUT2D eigenvalue weighted by molar-refractivity contribution is 7.22. The fourth-order valence-corrected chi connectivity index (χ4v) is 5.28. The number of aliphatic hydroxyl groups excluding tert-OH is 1. The van der Waals surface area contributed by atoms with Gasteiger partial charge in [0.15, 0.2) is 5.13 Å². The van der Waals surface area contributed by atoms with E-state index in [4.69, 9.17) is 9.72 Å². The maximum Gasteiger partial charge on any atom is 0.184 e. The Morgan fingerprint density at radius 1 is 1.15 bits per heavy atom. The van der Waals surface area contributed by atoms with E-state index in [1.165, 1.54) is 0 Å². The summed E-state index contributed by atoms with van der Waals surface area (Å²) in [5.74, 6) is 7.01. The van der Waals surface area contributed by atoms with Gasteiger partial charge < -0.3 is 20.5 Å². The predicted octanol–water partition coefficient (Wildman–Crippen LogP) is 3.10. The molecule has 9 heteroatoms. The Kier molecular flexibility index (Phi) is 7.51. The summed E-state index contributed by atoms with van der Waals surface area (Å²) in [7, 11) is 0. The van der Waals surface area contributed by atoms with Crippen LogP contribution in [0.4, 0.5) is 10.9 Å². The summed E-state index contributed by atoms with van der Waals surface area (Å²) in [5.41, 5.74) is 2.78. The molecule has 2 atom stereocenters. The number of hydrogen-bond donors (Lipinski definition) is 3. The van der Waals surface area contributed by atoms with Crippen LogP contribution in [0.5, 0.6) is 0 Å². The van der Waals surface area contributed by atoms with Gasteiger partial charge in [0.2, 0.25) is 0 Å². The fourth-order valence-electron chi connectivity index (χ4n) is 4.28. The zero-order valence-corrected chi connectivity index (χ0v) is 20.0. The second kappa shape index (κ2) is 11.1. The van der Waals surface area contributed by atoms with Crippen LogP contribution in [0.1, 0.15) is 36.9 Å². The number of aliphatic hydroxyl groups is 1. The molecule has 34 heavy (non-hydrogen) atoms. The van der Waals surface area contributed by atoms with Crippen molar-refractivity contribution in [3.8, 4) is 11.8 Å². The molecule has 8 nitrogen and oxygen atoms in total. The monoisotopic (exact) mass is 478 g/mol. The van der Waals surface area contributed by atoms with Gasteiger partial charge in [-0.25, -0.2) is 9.97 Å². The number of anilines is 2. The van der Waals surface area contributed by atoms with E-state index in [1.807, 2.05) is 6.07 Å². The Balaban J connectivity index is 1.18. The lowest BCUT2D eigenvalue weighted by Crippen LogP contribution is -2.36. The van der Waals surface area contributed by atoms with Crippen molar-refractivity contribution in [3.05, 3.63) is 41.9 Å². The number of thiazole rings is 1. The van der Waals surface area contributed by atoms with Crippen LogP contribution in [0, 0.1) is 11.8 Å². The Bertz CT molecular complexity index is 1170. The molecule has 3 aromatic rings. The lowest BCUT2D eigenvalue weighted by atomic mass is 9.93. The molecule has 1 saturated carbocycles. The molecule has 2 aromatic heterocycles. The number of ether oxygens (including phenoxy) is 1. The summed E-state index contributed by atoms with van der Waals surface area (Å²) < 4.78 is 6.49. The minimum absolute atomic E-state index is 0.0956. The van der Waals surface area contributed by atoms with Crippen LogP contribution in [-0.4, -0.2) is 70.0 Å². The summed E-state index contributed by atoms with van der Waals surface area (Å²) in [6.07, 6.45) is 7.23. The third-order valence-electron chi connectivity index (χ3n) is 6.22. The molecule has 5 rings (SSSR count). The first-order valence-corrected chi connectivity index (χ1v) is 12.7. The lowest BCUT2D eigenvalue weighted by Gasteiger charge is -2.27. The van der Waals surface area contributed by atoms with Gasteiger partial charge in [0.1, 0.15) is 11.5 Å². The first-order valence-electron chi connectivity index (χ1n) is 11.9. The third kappa shape index (κ3) is 6.02. The molecule has 1 aliphatic carbocycles. The molecule has 0 amide bonds. The highest BCUT2D eigenvalue weighted by Crippen LogP contribution is 2.30. The van der Waals surface area contributed by atoms with Crippen molar-refractivity contribution >= 4 is 32.5 Å². The van der Waals surface area contributed by atoms with Crippen LogP contribution < -0.4 is 10.6 Å². The summed E-state index contributed by atoms with van der Waals surface area (Å²) in [6.45, 7) is 4.75. The summed E-state index contributed by atoms with van der Waals surface area (Å²) in [4.78, 5) is 15.8. The molecule has 1 saturated heterocycles. The molecule has 3 N–H and O–H groups in total. The van der Waals surface area contributed by atoms with Gasteiger partial charge in [0.25, 0.3) is 0 Å². The van der Waals surface area contributed by atoms with Gasteiger partial charge in [-0.05, 0) is 36.5 Å². The number of aromatic nitrogens is 3. The van der Waals surface area contributed by atoms with Crippen molar-refractivity contribution in [2.75, 3.05) is 43.5 Å². The zero-order valence-electron chi connectivity index (χ0n) is 19.2. The van der Waals surface area contributed by atoms with E-state index in [-0.39, 0.29) is 12.1 Å². The molecule has 3 heterocycles. The highest BCUT2D eigenvalue weighted by Gasteiger charge is 2.23. The van der Waals surface area contributed by atoms with Crippen molar-refractivity contribution in [2.45, 2.75) is 44.4 Å². The van der Waals surface area contributed by atoms with Gasteiger partial charge in [-0.3, -0.25) is 9.88 Å². The van der Waals surface area contributed by atoms with Gasteiger partial charge >= 0.3 is 0 Å². The van der Waals surface area contributed by atoms with Gasteiger partial charge in [0.05, 0.1) is 54.5 Å². The van der Waals surface area contributed by atoms with Crippen LogP contribution in [-0.2, 0) is 11.3 Å². The first-order chi connectivity index (χ1) is 16.7. The second-order valence-electron chi connectivity index (χ2n) is 8.76. The lowest BCUT2D eigenvalue weighted by molar-refractivity contribution is 0.0443. The Morgan fingerprint density at radius 3 is 2.91 bits per heavy atom. The normalized spacial score (nSPS) is 21.1. The molecular formula is C25H30N6O2S. The topological polar surface area (TPSA) is 95.4 Å². The van der Waals surface area contributed by atoms with Crippen LogP contribution >= 0.6 is 11.3 Å². The Labute approximate surface area is 203 Å². The van der Waals surface area contributed by atoms with E-state index >= 15 is 0 Å². The van der Waals surface area contributed by atoms with E-state index in [0.29, 0.717) is 24.6 Å². The molecule has 1 aliphatic heterocycles. The summed E-state index contributed by atoms with van der Waals surface area (Å²) >= 11 is 1.63. The fraction of sp³-hybridized carbons (Fsp3) is 0.480. The average Bonchev–Trinajstić information content (AvgIpc) is 3.27. The number of nitrogens with one attached hydrogen (secondary N) is 2. The highest BCUT2D eigenvalue weighted by atomic mass is 32.1. The smallest absolute Gasteiger partial charge is 0.184 e. The molecule has 1 unspecified atom stereocenters. The van der Waals surface area contributed by atoms with Crippen LogP contribution in [0.15, 0.2) is 30.6 Å². The van der Waals surface area contributed by atoms with Crippen molar-refractivity contribution < 1.29 is 9.84 Å². The van der Waals surface area contributed by atoms with Crippen LogP contribution in [0.3, 0.4) is 0 Å². The van der Waals surface area contributed by atoms with Crippen molar-refractivity contribution in [1.82, 2.24) is 19.9 Å². The van der Waals surface area contributed by atoms with Gasteiger partial charge in [-0.15, -0.1) is 0 Å². The second-order valence-corrected chi connectivity index (χ2v) is 9.79. The quantitative estimate of drug-likeness (QED) is 0.465. The molecule has 0 spiro atoms. The number of morpholine rings is 1. The third-order valence-corrected chi connectivity index (χ3v) is 7.17. The van der Waals surface area contributed by atoms with Crippen molar-refractivity contribution in [2.24, 2.45) is 0 Å². The van der Waals surface area contributed by atoms with E-state index in [2.05, 4.69) is 49.5 Å². The molecule has 2 aliphatic rings. The van der Waals surface area contributed by atoms with Gasteiger partial charge in [0, 0.05) is 19.6 Å². The number of benzene rings is 1. The maximum absolute atomic E-state index is 10.2. The maximum atomic E-state index is 10.2. The Hall–Kier alpha value is -2.77. The number of fused-ring (bicyclic) bond motifs is 1. The standard InChI is InChI=1S/C25H30N6O2S/c32-22-6-2-1-5-20(22)29-25-30-21-8-7-18(14-23(21)34-25)15-27-24-17-26-16-19(28-24)4-3-9-31-10-12-33-13-11-31/h7-8,14,16-17,20,22,32H,1-2,5-6,9-13,15H2,(H,27,28)(H,29,30)/t20?,22-/m1/s1. The van der Waals surface area contributed by atoms with E-state index in [9.17, 15) is 5.11 Å². The van der Waals surface area contributed by atoms with Gasteiger partial charge in [-0.1, -0.05) is 36.2 Å². The SMILES string of the molecule is O[C@@H]1CCCCC1Nc1nc2ccc(CNc3cncc(C#CCN4CCOCC4)n3)cc2s1. The minimum atomic E-state index is -0.290. The molecule has 0 bridgehead atoms. The van der Waals surface area contributed by atoms with E-state index in [0.717, 1.165) is 72.9 Å². The Morgan fingerprint density at radius 2 is 2.03 bits per heavy atom. The number of nitrogens with zero attached hydrogens (tertiary/aromatic N) is 4. The van der Waals surface area contributed by atoms with Crippen molar-refractivity contribution in [1.29, 1.82) is 0 Å². The first kappa shape index (κ1) is 23.0. The zero-order chi connectivity index (χ0) is 23.2.